The van der Waals surface area contributed by atoms with Gasteiger partial charge in [-0.05, 0) is 32.0 Å². The number of rotatable bonds is 4. The first-order chi connectivity index (χ1) is 11.3. The molecule has 1 aromatic carbocycles. The molecule has 0 radical (unpaired) electrons. The second kappa shape index (κ2) is 7.09. The molecule has 2 rings (SSSR count). The van der Waals surface area contributed by atoms with Crippen molar-refractivity contribution in [2.24, 2.45) is 5.73 Å². The van der Waals surface area contributed by atoms with Crippen molar-refractivity contribution in [1.82, 2.24) is 9.80 Å². The topological polar surface area (TPSA) is 85.1 Å². The van der Waals surface area contributed by atoms with Gasteiger partial charge in [-0.3, -0.25) is 9.59 Å². The molecule has 0 unspecified atom stereocenters. The third-order valence-corrected chi connectivity index (χ3v) is 4.04. The maximum Gasteiger partial charge on any atom is 0.254 e. The average molecular weight is 335 g/mol. The number of nitrogens with zero attached hydrogens (tertiary/aromatic N) is 2. The van der Waals surface area contributed by atoms with E-state index in [2.05, 4.69) is 0 Å². The first-order valence-electron chi connectivity index (χ1n) is 7.87. The molecule has 0 bridgehead atoms. The molecule has 1 aliphatic rings. The zero-order valence-electron chi connectivity index (χ0n) is 14.7. The lowest BCUT2D eigenvalue weighted by atomic mass is 10.0. The minimum Gasteiger partial charge on any atom is -0.493 e. The second-order valence-corrected chi connectivity index (χ2v) is 6.38. The summed E-state index contributed by atoms with van der Waals surface area (Å²) in [6.45, 7) is 5.31. The van der Waals surface area contributed by atoms with Crippen molar-refractivity contribution in [3.63, 3.8) is 0 Å². The molecule has 0 aliphatic carbocycles. The first kappa shape index (κ1) is 18.1. The molecule has 7 heteroatoms. The average Bonchev–Trinajstić information content (AvgIpc) is 2.59. The van der Waals surface area contributed by atoms with E-state index in [0.29, 0.717) is 43.2 Å². The lowest BCUT2D eigenvalue weighted by Crippen LogP contribution is -2.57. The quantitative estimate of drug-likeness (QED) is 0.876. The van der Waals surface area contributed by atoms with E-state index in [1.807, 2.05) is 0 Å². The molecule has 2 N–H and O–H groups in total. The van der Waals surface area contributed by atoms with Gasteiger partial charge in [-0.25, -0.2) is 0 Å². The van der Waals surface area contributed by atoms with Crippen molar-refractivity contribution in [2.75, 3.05) is 40.4 Å². The zero-order valence-corrected chi connectivity index (χ0v) is 14.7. The van der Waals surface area contributed by atoms with Crippen molar-refractivity contribution in [3.05, 3.63) is 23.8 Å². The monoisotopic (exact) mass is 335 g/mol. The van der Waals surface area contributed by atoms with E-state index in [1.165, 1.54) is 7.11 Å². The summed E-state index contributed by atoms with van der Waals surface area (Å²) in [5.74, 6) is 0.910. The van der Waals surface area contributed by atoms with Crippen LogP contribution in [0.15, 0.2) is 18.2 Å². The van der Waals surface area contributed by atoms with Crippen LogP contribution < -0.4 is 15.2 Å². The standard InChI is InChI=1S/C17H25N3O4/c1-17(2,18)16(22)20-9-7-19(8-10-20)15(21)12-5-6-13(23-3)14(11-12)24-4/h5-6,11H,7-10,18H2,1-4H3. The number of carbonyl (C=O) groups excluding carboxylic acids is 2. The predicted octanol–water partition coefficient (Wildman–Crippen LogP) is 0.726. The molecular weight excluding hydrogens is 310 g/mol. The van der Waals surface area contributed by atoms with E-state index in [0.717, 1.165) is 0 Å². The van der Waals surface area contributed by atoms with Crippen LogP contribution in [0.25, 0.3) is 0 Å². The molecule has 1 saturated heterocycles. The SMILES string of the molecule is COc1ccc(C(=O)N2CCN(C(=O)C(C)(C)N)CC2)cc1OC. The van der Waals surface area contributed by atoms with E-state index in [-0.39, 0.29) is 11.8 Å². The molecule has 1 fully saturated rings. The van der Waals surface area contributed by atoms with E-state index in [1.54, 1.807) is 49.0 Å². The first-order valence-corrected chi connectivity index (χ1v) is 7.87. The minimum atomic E-state index is -0.893. The Kier molecular flexibility index (Phi) is 5.33. The zero-order chi connectivity index (χ0) is 17.9. The second-order valence-electron chi connectivity index (χ2n) is 6.38. The van der Waals surface area contributed by atoms with Gasteiger partial charge >= 0.3 is 0 Å². The molecule has 24 heavy (non-hydrogen) atoms. The Morgan fingerprint density at radius 3 is 2.04 bits per heavy atom. The number of amides is 2. The Hall–Kier alpha value is -2.28. The van der Waals surface area contributed by atoms with Gasteiger partial charge in [0.25, 0.3) is 5.91 Å². The summed E-state index contributed by atoms with van der Waals surface area (Å²) in [6, 6.07) is 5.09. The molecule has 1 heterocycles. The van der Waals surface area contributed by atoms with Crippen LogP contribution >= 0.6 is 0 Å². The van der Waals surface area contributed by atoms with Gasteiger partial charge in [0.05, 0.1) is 19.8 Å². The summed E-state index contributed by atoms with van der Waals surface area (Å²) in [7, 11) is 3.08. The maximum absolute atomic E-state index is 12.6. The maximum atomic E-state index is 12.6. The fourth-order valence-corrected chi connectivity index (χ4v) is 2.67. The van der Waals surface area contributed by atoms with Crippen molar-refractivity contribution < 1.29 is 19.1 Å². The number of carbonyl (C=O) groups is 2. The summed E-state index contributed by atoms with van der Waals surface area (Å²) in [5.41, 5.74) is 5.50. The van der Waals surface area contributed by atoms with Crippen molar-refractivity contribution >= 4 is 11.8 Å². The molecule has 2 amide bonds. The van der Waals surface area contributed by atoms with Gasteiger partial charge in [-0.1, -0.05) is 0 Å². The normalized spacial score (nSPS) is 15.2. The molecule has 0 aromatic heterocycles. The van der Waals surface area contributed by atoms with Crippen molar-refractivity contribution in [3.8, 4) is 11.5 Å². The van der Waals surface area contributed by atoms with Gasteiger partial charge < -0.3 is 25.0 Å². The van der Waals surface area contributed by atoms with E-state index in [9.17, 15) is 9.59 Å². The molecule has 1 aromatic rings. The van der Waals surface area contributed by atoms with Crippen molar-refractivity contribution in [2.45, 2.75) is 19.4 Å². The van der Waals surface area contributed by atoms with Crippen LogP contribution in [0.1, 0.15) is 24.2 Å². The number of benzene rings is 1. The number of piperazine rings is 1. The molecule has 0 spiro atoms. The van der Waals surface area contributed by atoms with Gasteiger partial charge in [-0.15, -0.1) is 0 Å². The van der Waals surface area contributed by atoms with E-state index in [4.69, 9.17) is 15.2 Å². The van der Waals surface area contributed by atoms with Crippen LogP contribution in [0.4, 0.5) is 0 Å². The lowest BCUT2D eigenvalue weighted by molar-refractivity contribution is -0.137. The van der Waals surface area contributed by atoms with Crippen LogP contribution in [-0.4, -0.2) is 67.6 Å². The van der Waals surface area contributed by atoms with Gasteiger partial charge in [-0.2, -0.15) is 0 Å². The highest BCUT2D eigenvalue weighted by Crippen LogP contribution is 2.28. The van der Waals surface area contributed by atoms with Gasteiger partial charge in [0.15, 0.2) is 11.5 Å². The molecular formula is C17H25N3O4. The van der Waals surface area contributed by atoms with Crippen LogP contribution in [0.2, 0.25) is 0 Å². The highest BCUT2D eigenvalue weighted by Gasteiger charge is 2.31. The summed E-state index contributed by atoms with van der Waals surface area (Å²) < 4.78 is 10.4. The lowest BCUT2D eigenvalue weighted by Gasteiger charge is -2.37. The summed E-state index contributed by atoms with van der Waals surface area (Å²) in [4.78, 5) is 28.3. The predicted molar refractivity (Wildman–Crippen MR) is 90.3 cm³/mol. The molecule has 132 valence electrons. The van der Waals surface area contributed by atoms with Crippen molar-refractivity contribution in [1.29, 1.82) is 0 Å². The molecule has 0 atom stereocenters. The smallest absolute Gasteiger partial charge is 0.254 e. The van der Waals surface area contributed by atoms with Crippen LogP contribution in [0.5, 0.6) is 11.5 Å². The van der Waals surface area contributed by atoms with E-state index < -0.39 is 5.54 Å². The largest absolute Gasteiger partial charge is 0.493 e. The number of hydrogen-bond donors (Lipinski definition) is 1. The number of nitrogens with two attached hydrogens (primary N) is 1. The minimum absolute atomic E-state index is 0.0879. The number of ether oxygens (including phenoxy) is 2. The van der Waals surface area contributed by atoms with Gasteiger partial charge in [0.1, 0.15) is 0 Å². The van der Waals surface area contributed by atoms with Gasteiger partial charge in [0, 0.05) is 31.7 Å². The molecule has 7 nitrogen and oxygen atoms in total. The number of hydrogen-bond acceptors (Lipinski definition) is 5. The Labute approximate surface area is 142 Å². The summed E-state index contributed by atoms with van der Waals surface area (Å²) >= 11 is 0. The Bertz CT molecular complexity index is 617. The van der Waals surface area contributed by atoms with Crippen LogP contribution in [0, 0.1) is 0 Å². The number of methoxy groups -OCH3 is 2. The summed E-state index contributed by atoms with van der Waals surface area (Å²) in [5, 5.41) is 0. The summed E-state index contributed by atoms with van der Waals surface area (Å²) in [6.07, 6.45) is 0. The van der Waals surface area contributed by atoms with Gasteiger partial charge in [0.2, 0.25) is 5.91 Å². The fourth-order valence-electron chi connectivity index (χ4n) is 2.67. The fraction of sp³-hybridized carbons (Fsp3) is 0.529. The van der Waals surface area contributed by atoms with E-state index >= 15 is 0 Å². The Morgan fingerprint density at radius 1 is 1.00 bits per heavy atom. The van der Waals surface area contributed by atoms with Crippen LogP contribution in [0.3, 0.4) is 0 Å². The highest BCUT2D eigenvalue weighted by atomic mass is 16.5. The molecule has 0 saturated carbocycles. The third-order valence-electron chi connectivity index (χ3n) is 4.04. The molecule has 1 aliphatic heterocycles. The third kappa shape index (κ3) is 3.79. The Morgan fingerprint density at radius 2 is 1.54 bits per heavy atom. The van der Waals surface area contributed by atoms with Crippen LogP contribution in [-0.2, 0) is 4.79 Å². The Balaban J connectivity index is 2.04. The highest BCUT2D eigenvalue weighted by molar-refractivity contribution is 5.95.